The lowest BCUT2D eigenvalue weighted by molar-refractivity contribution is -0.214. The standard InChI is InChI=1S/C30H33NO7/c32-16-24(17-33)31-26-25(20-37-31)27(38-30(34)23-14-8-3-9-15-23)29(36-19-22-12-6-2-7-13-22)28(26)35-18-21-10-4-1-5-11-21/h1-15,24-29,32-33H,16-20H2/t25-,26+,27+,28-,29+/m0/s1. The van der Waals surface area contributed by atoms with Gasteiger partial charge in [0.05, 0.1) is 50.7 Å². The van der Waals surface area contributed by atoms with E-state index in [4.69, 9.17) is 19.0 Å². The third kappa shape index (κ3) is 5.81. The van der Waals surface area contributed by atoms with Crippen molar-refractivity contribution in [2.75, 3.05) is 19.8 Å². The highest BCUT2D eigenvalue weighted by molar-refractivity contribution is 5.89. The van der Waals surface area contributed by atoms with E-state index in [1.165, 1.54) is 0 Å². The Morgan fingerprint density at radius 1 is 0.789 bits per heavy atom. The molecular formula is C30H33NO7. The van der Waals surface area contributed by atoms with Gasteiger partial charge in [0.2, 0.25) is 0 Å². The van der Waals surface area contributed by atoms with Gasteiger partial charge in [0, 0.05) is 5.92 Å². The van der Waals surface area contributed by atoms with Crippen LogP contribution in [0.1, 0.15) is 21.5 Å². The summed E-state index contributed by atoms with van der Waals surface area (Å²) in [5, 5.41) is 21.5. The van der Waals surface area contributed by atoms with E-state index in [1.54, 1.807) is 29.3 Å². The van der Waals surface area contributed by atoms with Crippen molar-refractivity contribution in [2.24, 2.45) is 5.92 Å². The summed E-state index contributed by atoms with van der Waals surface area (Å²) in [6.45, 7) is 0.268. The van der Waals surface area contributed by atoms with Crippen molar-refractivity contribution in [2.45, 2.75) is 43.6 Å². The highest BCUT2D eigenvalue weighted by Crippen LogP contribution is 2.43. The van der Waals surface area contributed by atoms with E-state index >= 15 is 0 Å². The lowest BCUT2D eigenvalue weighted by Crippen LogP contribution is -2.50. The van der Waals surface area contributed by atoms with Crippen molar-refractivity contribution in [1.82, 2.24) is 5.06 Å². The number of aliphatic hydroxyl groups excluding tert-OH is 2. The molecule has 1 saturated carbocycles. The summed E-state index contributed by atoms with van der Waals surface area (Å²) in [7, 11) is 0. The Kier molecular flexibility index (Phi) is 8.80. The van der Waals surface area contributed by atoms with Crippen LogP contribution in [0.4, 0.5) is 0 Å². The predicted octanol–water partition coefficient (Wildman–Crippen LogP) is 2.98. The molecule has 8 heteroatoms. The largest absolute Gasteiger partial charge is 0.455 e. The average molecular weight is 520 g/mol. The van der Waals surface area contributed by atoms with Crippen LogP contribution >= 0.6 is 0 Å². The first-order valence-electron chi connectivity index (χ1n) is 12.9. The molecule has 5 rings (SSSR count). The van der Waals surface area contributed by atoms with Crippen LogP contribution in [0.15, 0.2) is 91.0 Å². The number of hydroxylamine groups is 2. The Balaban J connectivity index is 1.45. The molecule has 38 heavy (non-hydrogen) atoms. The minimum atomic E-state index is -0.666. The number of aliphatic hydroxyl groups is 2. The summed E-state index contributed by atoms with van der Waals surface area (Å²) in [6, 6.07) is 27.4. The first-order chi connectivity index (χ1) is 18.7. The van der Waals surface area contributed by atoms with Gasteiger partial charge in [0.1, 0.15) is 18.3 Å². The Hall–Kier alpha value is -3.11. The number of hydrogen-bond acceptors (Lipinski definition) is 8. The molecule has 0 unspecified atom stereocenters. The maximum Gasteiger partial charge on any atom is 0.338 e. The van der Waals surface area contributed by atoms with Crippen molar-refractivity contribution in [1.29, 1.82) is 0 Å². The summed E-state index contributed by atoms with van der Waals surface area (Å²) in [6.07, 6.45) is -1.83. The highest BCUT2D eigenvalue weighted by Gasteiger charge is 2.60. The third-order valence-corrected chi connectivity index (χ3v) is 7.16. The molecule has 3 aromatic rings. The second-order valence-electron chi connectivity index (χ2n) is 9.59. The van der Waals surface area contributed by atoms with Crippen LogP contribution in [0.25, 0.3) is 0 Å². The predicted molar refractivity (Wildman–Crippen MR) is 139 cm³/mol. The van der Waals surface area contributed by atoms with Gasteiger partial charge in [-0.2, -0.15) is 5.06 Å². The van der Waals surface area contributed by atoms with E-state index in [2.05, 4.69) is 0 Å². The number of ether oxygens (including phenoxy) is 3. The fourth-order valence-electron chi connectivity index (χ4n) is 5.25. The number of rotatable bonds is 11. The normalized spacial score (nSPS) is 25.0. The Morgan fingerprint density at radius 3 is 1.87 bits per heavy atom. The molecule has 0 amide bonds. The first-order valence-corrected chi connectivity index (χ1v) is 12.9. The summed E-state index contributed by atoms with van der Waals surface area (Å²) in [5.41, 5.74) is 2.41. The average Bonchev–Trinajstić information content (AvgIpc) is 3.52. The molecule has 2 N–H and O–H groups in total. The van der Waals surface area contributed by atoms with Gasteiger partial charge in [-0.25, -0.2) is 4.79 Å². The topological polar surface area (TPSA) is 97.7 Å². The van der Waals surface area contributed by atoms with Crippen molar-refractivity contribution in [3.8, 4) is 0 Å². The monoisotopic (exact) mass is 519 g/mol. The quantitative estimate of drug-likeness (QED) is 0.373. The fourth-order valence-corrected chi connectivity index (χ4v) is 5.25. The number of benzene rings is 3. The minimum absolute atomic E-state index is 0.240. The molecule has 3 aromatic carbocycles. The number of nitrogens with zero attached hydrogens (tertiary/aromatic N) is 1. The van der Waals surface area contributed by atoms with Gasteiger partial charge in [-0.1, -0.05) is 78.9 Å². The van der Waals surface area contributed by atoms with Crippen LogP contribution in [-0.2, 0) is 32.3 Å². The molecule has 0 aromatic heterocycles. The molecule has 1 heterocycles. The molecule has 8 nitrogen and oxygen atoms in total. The molecule has 0 bridgehead atoms. The van der Waals surface area contributed by atoms with Gasteiger partial charge in [0.25, 0.3) is 0 Å². The van der Waals surface area contributed by atoms with Crippen molar-refractivity contribution in [3.63, 3.8) is 0 Å². The molecule has 1 saturated heterocycles. The van der Waals surface area contributed by atoms with Gasteiger partial charge in [-0.15, -0.1) is 0 Å². The van der Waals surface area contributed by atoms with E-state index in [-0.39, 0.29) is 25.7 Å². The van der Waals surface area contributed by atoms with Crippen molar-refractivity contribution < 1.29 is 34.1 Å². The van der Waals surface area contributed by atoms with E-state index in [1.807, 2.05) is 66.7 Å². The molecule has 1 aliphatic heterocycles. The SMILES string of the molecule is O=C(O[C@@H]1[C@H]2CON(C(CO)CO)[C@H]2[C@H](OCc2ccccc2)[C@@H]1OCc1ccccc1)c1ccccc1. The second-order valence-corrected chi connectivity index (χ2v) is 9.59. The van der Waals surface area contributed by atoms with Crippen molar-refractivity contribution >= 4 is 5.97 Å². The van der Waals surface area contributed by atoms with Crippen LogP contribution in [0.5, 0.6) is 0 Å². The Bertz CT molecular complexity index is 1140. The molecule has 1 aliphatic carbocycles. The van der Waals surface area contributed by atoms with Crippen molar-refractivity contribution in [3.05, 3.63) is 108 Å². The summed E-state index contributed by atoms with van der Waals surface area (Å²) in [5.74, 6) is -0.740. The van der Waals surface area contributed by atoms with Crippen LogP contribution in [0.3, 0.4) is 0 Å². The summed E-state index contributed by atoms with van der Waals surface area (Å²) >= 11 is 0. The van der Waals surface area contributed by atoms with Gasteiger partial charge < -0.3 is 24.4 Å². The van der Waals surface area contributed by atoms with Gasteiger partial charge in [-0.3, -0.25) is 4.84 Å². The van der Waals surface area contributed by atoms with E-state index in [0.29, 0.717) is 18.8 Å². The van der Waals surface area contributed by atoms with E-state index in [9.17, 15) is 15.0 Å². The fraction of sp³-hybridized carbons (Fsp3) is 0.367. The van der Waals surface area contributed by atoms with Gasteiger partial charge >= 0.3 is 5.97 Å². The number of hydrogen-bond donors (Lipinski definition) is 2. The number of carbonyl (C=O) groups excluding carboxylic acids is 1. The lowest BCUT2D eigenvalue weighted by atomic mass is 10.0. The van der Waals surface area contributed by atoms with Crippen LogP contribution in [0.2, 0.25) is 0 Å². The molecule has 2 aliphatic rings. The van der Waals surface area contributed by atoms with Crippen LogP contribution < -0.4 is 0 Å². The minimum Gasteiger partial charge on any atom is -0.455 e. The molecule has 5 atom stereocenters. The molecule has 0 spiro atoms. The van der Waals surface area contributed by atoms with E-state index < -0.39 is 36.4 Å². The number of fused-ring (bicyclic) bond motifs is 1. The Labute approximate surface area is 222 Å². The summed E-state index contributed by atoms with van der Waals surface area (Å²) in [4.78, 5) is 19.1. The summed E-state index contributed by atoms with van der Waals surface area (Å²) < 4.78 is 19.1. The molecular weight excluding hydrogens is 486 g/mol. The lowest BCUT2D eigenvalue weighted by Gasteiger charge is -2.33. The van der Waals surface area contributed by atoms with Crippen LogP contribution in [-0.4, -0.2) is 71.5 Å². The smallest absolute Gasteiger partial charge is 0.338 e. The third-order valence-electron chi connectivity index (χ3n) is 7.16. The second kappa shape index (κ2) is 12.6. The zero-order valence-electron chi connectivity index (χ0n) is 21.0. The van der Waals surface area contributed by atoms with Gasteiger partial charge in [-0.05, 0) is 23.3 Å². The zero-order valence-corrected chi connectivity index (χ0v) is 21.0. The zero-order chi connectivity index (χ0) is 26.3. The molecule has 200 valence electrons. The Morgan fingerprint density at radius 2 is 1.32 bits per heavy atom. The highest BCUT2D eigenvalue weighted by atomic mass is 16.7. The first kappa shape index (κ1) is 26.5. The number of esters is 1. The van der Waals surface area contributed by atoms with Crippen LogP contribution in [0, 0.1) is 5.92 Å². The van der Waals surface area contributed by atoms with E-state index in [0.717, 1.165) is 11.1 Å². The van der Waals surface area contributed by atoms with Gasteiger partial charge in [0.15, 0.2) is 0 Å². The maximum absolute atomic E-state index is 13.2. The number of carbonyl (C=O) groups is 1. The molecule has 0 radical (unpaired) electrons. The maximum atomic E-state index is 13.2. The molecule has 2 fully saturated rings.